The summed E-state index contributed by atoms with van der Waals surface area (Å²) >= 11 is 0. The third-order valence-corrected chi connectivity index (χ3v) is 5.70. The second-order valence-electron chi connectivity index (χ2n) is 7.44. The number of carbonyl (C=O) groups excluding carboxylic acids is 1. The number of aliphatic hydroxyl groups excluding tert-OH is 1. The van der Waals surface area contributed by atoms with Gasteiger partial charge in [-0.2, -0.15) is 0 Å². The number of carbonyl (C=O) groups is 1. The Hall–Kier alpha value is -2.19. The Morgan fingerprint density at radius 1 is 1.10 bits per heavy atom. The maximum atomic E-state index is 11.9. The van der Waals surface area contributed by atoms with Crippen molar-refractivity contribution in [1.82, 2.24) is 9.80 Å². The number of ether oxygens (including phenoxy) is 4. The van der Waals surface area contributed by atoms with Crippen LogP contribution in [0.5, 0.6) is 17.2 Å². The Morgan fingerprint density at radius 3 is 2.45 bits per heavy atom. The highest BCUT2D eigenvalue weighted by atomic mass is 16.6. The predicted molar refractivity (Wildman–Crippen MR) is 108 cm³/mol. The monoisotopic (exact) mass is 408 g/mol. The highest BCUT2D eigenvalue weighted by Crippen LogP contribution is 2.32. The zero-order chi connectivity index (χ0) is 20.8. The summed E-state index contributed by atoms with van der Waals surface area (Å²) in [6.45, 7) is 5.04. The van der Waals surface area contributed by atoms with E-state index < -0.39 is 6.10 Å². The fraction of sp³-hybridized carbons (Fsp3) is 0.667. The average molecular weight is 408 g/mol. The lowest BCUT2D eigenvalue weighted by atomic mass is 9.97. The molecule has 2 fully saturated rings. The van der Waals surface area contributed by atoms with Crippen molar-refractivity contribution in [1.29, 1.82) is 0 Å². The zero-order valence-corrected chi connectivity index (χ0v) is 17.5. The van der Waals surface area contributed by atoms with Crippen molar-refractivity contribution in [2.24, 2.45) is 0 Å². The van der Waals surface area contributed by atoms with Gasteiger partial charge in [0, 0.05) is 38.3 Å². The molecule has 0 radical (unpaired) electrons. The quantitative estimate of drug-likeness (QED) is 0.772. The van der Waals surface area contributed by atoms with Gasteiger partial charge < -0.3 is 29.0 Å². The van der Waals surface area contributed by atoms with Crippen molar-refractivity contribution in [3.8, 4) is 17.2 Å². The van der Waals surface area contributed by atoms with E-state index in [0.717, 1.165) is 25.8 Å². The number of aliphatic hydroxyl groups is 1. The molecule has 1 aromatic rings. The molecule has 2 heterocycles. The Labute approximate surface area is 172 Å². The summed E-state index contributed by atoms with van der Waals surface area (Å²) in [7, 11) is 3.18. The van der Waals surface area contributed by atoms with Gasteiger partial charge in [0.05, 0.1) is 20.8 Å². The number of rotatable bonds is 6. The van der Waals surface area contributed by atoms with E-state index in [1.165, 1.54) is 0 Å². The number of methoxy groups -OCH3 is 2. The maximum Gasteiger partial charge on any atom is 0.409 e. The Bertz CT molecular complexity index is 677. The van der Waals surface area contributed by atoms with Crippen LogP contribution in [0.3, 0.4) is 0 Å². The number of benzene rings is 1. The van der Waals surface area contributed by atoms with E-state index in [1.807, 2.05) is 13.0 Å². The number of hydrogen-bond donors (Lipinski definition) is 1. The minimum atomic E-state index is -0.570. The molecule has 0 spiro atoms. The normalized spacial score (nSPS) is 23.5. The first-order chi connectivity index (χ1) is 14.0. The first-order valence-corrected chi connectivity index (χ1v) is 10.3. The first-order valence-electron chi connectivity index (χ1n) is 10.3. The van der Waals surface area contributed by atoms with Gasteiger partial charge in [-0.05, 0) is 38.3 Å². The molecule has 3 rings (SSSR count). The minimum absolute atomic E-state index is 0.229. The SMILES string of the molecule is CCOC(=O)N1CCC(N2CC[C@@H](Oc3ccc(OC)c(OC)c3)[C@H](O)C2)CC1. The molecule has 1 N–H and O–H groups in total. The van der Waals surface area contributed by atoms with Crippen molar-refractivity contribution < 1.29 is 28.8 Å². The first kappa shape index (κ1) is 21.5. The number of likely N-dealkylation sites (tertiary alicyclic amines) is 2. The lowest BCUT2D eigenvalue weighted by Gasteiger charge is -2.43. The largest absolute Gasteiger partial charge is 0.493 e. The fourth-order valence-corrected chi connectivity index (χ4v) is 4.10. The van der Waals surface area contributed by atoms with Crippen LogP contribution in [-0.2, 0) is 4.74 Å². The summed E-state index contributed by atoms with van der Waals surface area (Å²) in [4.78, 5) is 15.9. The van der Waals surface area contributed by atoms with E-state index >= 15 is 0 Å². The minimum Gasteiger partial charge on any atom is -0.493 e. The van der Waals surface area contributed by atoms with Gasteiger partial charge in [-0.1, -0.05) is 0 Å². The van der Waals surface area contributed by atoms with E-state index in [9.17, 15) is 9.90 Å². The Balaban J connectivity index is 1.50. The van der Waals surface area contributed by atoms with Crippen molar-refractivity contribution in [3.05, 3.63) is 18.2 Å². The smallest absolute Gasteiger partial charge is 0.409 e. The number of nitrogens with zero attached hydrogens (tertiary/aromatic N) is 2. The molecule has 29 heavy (non-hydrogen) atoms. The summed E-state index contributed by atoms with van der Waals surface area (Å²) < 4.78 is 21.7. The zero-order valence-electron chi connectivity index (χ0n) is 17.5. The Morgan fingerprint density at radius 2 is 1.83 bits per heavy atom. The molecular formula is C21H32N2O6. The van der Waals surface area contributed by atoms with Gasteiger partial charge in [0.1, 0.15) is 18.0 Å². The molecule has 8 heteroatoms. The molecule has 1 aromatic carbocycles. The van der Waals surface area contributed by atoms with Crippen LogP contribution < -0.4 is 14.2 Å². The van der Waals surface area contributed by atoms with Crippen LogP contribution in [0.1, 0.15) is 26.2 Å². The van der Waals surface area contributed by atoms with Crippen LogP contribution in [0, 0.1) is 0 Å². The molecule has 0 saturated carbocycles. The van der Waals surface area contributed by atoms with E-state index in [2.05, 4.69) is 4.90 Å². The number of hydrogen-bond acceptors (Lipinski definition) is 7. The third kappa shape index (κ3) is 5.25. The van der Waals surface area contributed by atoms with Crippen molar-refractivity contribution in [2.75, 3.05) is 47.0 Å². The highest BCUT2D eigenvalue weighted by molar-refractivity contribution is 5.67. The summed E-state index contributed by atoms with van der Waals surface area (Å²) in [5.41, 5.74) is 0. The molecule has 162 valence electrons. The van der Waals surface area contributed by atoms with E-state index in [-0.39, 0.29) is 12.2 Å². The molecule has 2 saturated heterocycles. The number of piperidine rings is 2. The molecule has 0 bridgehead atoms. The van der Waals surface area contributed by atoms with Crippen molar-refractivity contribution >= 4 is 6.09 Å². The lowest BCUT2D eigenvalue weighted by molar-refractivity contribution is -0.0444. The standard InChI is InChI=1S/C21H32N2O6/c1-4-28-21(25)22-10-7-15(8-11-22)23-12-9-18(17(24)14-23)29-16-5-6-19(26-2)20(13-16)27-3/h5-6,13,15,17-18,24H,4,7-12,14H2,1-3H3/t17-,18-/m1/s1. The maximum absolute atomic E-state index is 11.9. The van der Waals surface area contributed by atoms with Gasteiger partial charge in [-0.25, -0.2) is 4.79 Å². The summed E-state index contributed by atoms with van der Waals surface area (Å²) in [6.07, 6.45) is 1.48. The van der Waals surface area contributed by atoms with Gasteiger partial charge in [-0.3, -0.25) is 4.90 Å². The van der Waals surface area contributed by atoms with Gasteiger partial charge in [-0.15, -0.1) is 0 Å². The van der Waals surface area contributed by atoms with E-state index in [4.69, 9.17) is 18.9 Å². The second kappa shape index (κ2) is 10.0. The molecule has 2 atom stereocenters. The molecule has 2 aliphatic rings. The van der Waals surface area contributed by atoms with Crippen LogP contribution in [-0.4, -0.2) is 86.3 Å². The second-order valence-corrected chi connectivity index (χ2v) is 7.44. The van der Waals surface area contributed by atoms with Gasteiger partial charge in [0.25, 0.3) is 0 Å². The van der Waals surface area contributed by atoms with Crippen LogP contribution in [0.15, 0.2) is 18.2 Å². The summed E-state index contributed by atoms with van der Waals surface area (Å²) in [6, 6.07) is 5.78. The number of amides is 1. The fourth-order valence-electron chi connectivity index (χ4n) is 4.10. The Kier molecular flexibility index (Phi) is 7.44. The summed E-state index contributed by atoms with van der Waals surface area (Å²) in [5, 5.41) is 10.7. The van der Waals surface area contributed by atoms with Gasteiger partial charge in [0.15, 0.2) is 11.5 Å². The topological polar surface area (TPSA) is 80.7 Å². The molecule has 0 aromatic heterocycles. The molecule has 1 amide bonds. The van der Waals surface area contributed by atoms with E-state index in [1.54, 1.807) is 31.3 Å². The molecule has 0 unspecified atom stereocenters. The van der Waals surface area contributed by atoms with E-state index in [0.29, 0.717) is 49.5 Å². The van der Waals surface area contributed by atoms with Gasteiger partial charge in [0.2, 0.25) is 0 Å². The molecule has 2 aliphatic heterocycles. The average Bonchev–Trinajstić information content (AvgIpc) is 2.75. The number of β-amino-alcohol motifs (C(OH)–C–C–N with tert-alkyl or cyclic N) is 1. The van der Waals surface area contributed by atoms with Gasteiger partial charge >= 0.3 is 6.09 Å². The van der Waals surface area contributed by atoms with Crippen molar-refractivity contribution in [2.45, 2.75) is 44.4 Å². The molecular weight excluding hydrogens is 376 g/mol. The van der Waals surface area contributed by atoms with Crippen molar-refractivity contribution in [3.63, 3.8) is 0 Å². The molecule has 0 aliphatic carbocycles. The van der Waals surface area contributed by atoms with Crippen LogP contribution in [0.4, 0.5) is 4.79 Å². The van der Waals surface area contributed by atoms with Crippen LogP contribution in [0.2, 0.25) is 0 Å². The van der Waals surface area contributed by atoms with Crippen LogP contribution in [0.25, 0.3) is 0 Å². The lowest BCUT2D eigenvalue weighted by Crippen LogP contribution is -2.55. The summed E-state index contributed by atoms with van der Waals surface area (Å²) in [5.74, 6) is 1.90. The molecule has 8 nitrogen and oxygen atoms in total. The predicted octanol–water partition coefficient (Wildman–Crippen LogP) is 2.14. The van der Waals surface area contributed by atoms with Crippen LogP contribution >= 0.6 is 0 Å². The third-order valence-electron chi connectivity index (χ3n) is 5.70. The highest BCUT2D eigenvalue weighted by Gasteiger charge is 2.35.